The van der Waals surface area contributed by atoms with E-state index in [1.807, 2.05) is 60.5 Å². The van der Waals surface area contributed by atoms with E-state index in [9.17, 15) is 29.1 Å². The lowest BCUT2D eigenvalue weighted by Gasteiger charge is -2.41. The number of likely N-dealkylation sites (tertiary alicyclic amines) is 1. The van der Waals surface area contributed by atoms with Gasteiger partial charge in [-0.3, -0.25) is 24.1 Å². The number of likely N-dealkylation sites (N-methyl/N-ethyl adjacent to an activating group) is 2. The molecule has 1 fully saturated rings. The van der Waals surface area contributed by atoms with Crippen molar-refractivity contribution in [1.82, 2.24) is 25.3 Å². The molecule has 0 aromatic rings. The van der Waals surface area contributed by atoms with Crippen molar-refractivity contribution < 1.29 is 38.6 Å². The van der Waals surface area contributed by atoms with Gasteiger partial charge in [-0.15, -0.1) is 0 Å². The number of amides is 4. The van der Waals surface area contributed by atoms with Gasteiger partial charge in [-0.2, -0.15) is 0 Å². The fourth-order valence-electron chi connectivity index (χ4n) is 8.73. The first-order chi connectivity index (χ1) is 25.7. The SMILES string of the molecule is CC[C@H](C)[C@@H]([C@@H](CC(=O)N1CCC[C@H]1[C@H](OC)[C@@H](C)C(=O)N[C@@H](CC1=CC(C)CCC1C)C(=O)O)OC)N(C)C(=O)[C@@H](NC(=O)[C@H](C(C)C)N(C)C)C(C)C. The molecule has 3 N–H and O–H groups in total. The predicted octanol–water partition coefficient (Wildman–Crippen LogP) is 4.59. The number of carboxylic acid groups (broad SMARTS) is 1. The highest BCUT2D eigenvalue weighted by Gasteiger charge is 2.43. The van der Waals surface area contributed by atoms with Crippen LogP contribution in [0.15, 0.2) is 11.6 Å². The van der Waals surface area contributed by atoms with Gasteiger partial charge >= 0.3 is 5.97 Å². The summed E-state index contributed by atoms with van der Waals surface area (Å²) in [7, 11) is 8.49. The number of methoxy groups -OCH3 is 2. The van der Waals surface area contributed by atoms with Crippen molar-refractivity contribution in [2.24, 2.45) is 35.5 Å². The van der Waals surface area contributed by atoms with Gasteiger partial charge in [0.1, 0.15) is 12.1 Å². The van der Waals surface area contributed by atoms with Crippen LogP contribution in [0, 0.1) is 35.5 Å². The first kappa shape index (κ1) is 48.1. The molecule has 2 rings (SSSR count). The standard InChI is InChI=1S/C42H75N5O8/c1-15-27(7)37(46(12)41(51)35(24(2)3)44-40(50)36(25(4)5)45(10)11)33(54-13)23-34(48)47-20-16-17-32(47)38(55-14)29(9)39(49)43-31(42(52)53)22-30-21-26(6)18-19-28(30)8/h21,24-29,31-33,35-38H,15-20,22-23H2,1-14H3,(H,43,49)(H,44,50)(H,52,53)/t26?,27-,28?,29+,31-,32-,33+,35-,36-,37-,38+/m0/s1. The Morgan fingerprint density at radius 2 is 1.55 bits per heavy atom. The molecule has 316 valence electrons. The van der Waals surface area contributed by atoms with Gasteiger partial charge in [-0.1, -0.05) is 80.4 Å². The third-order valence-electron chi connectivity index (χ3n) is 12.2. The van der Waals surface area contributed by atoms with Crippen LogP contribution in [-0.2, 0) is 33.4 Å². The molecule has 55 heavy (non-hydrogen) atoms. The third kappa shape index (κ3) is 12.7. The highest BCUT2D eigenvalue weighted by atomic mass is 16.5. The quantitative estimate of drug-likeness (QED) is 0.142. The molecule has 1 aliphatic heterocycles. The van der Waals surface area contributed by atoms with Gasteiger partial charge in [0.25, 0.3) is 0 Å². The number of ether oxygens (including phenoxy) is 2. The number of carbonyl (C=O) groups excluding carboxylic acids is 4. The van der Waals surface area contributed by atoms with Gasteiger partial charge < -0.3 is 35.0 Å². The number of hydrogen-bond donors (Lipinski definition) is 3. The predicted molar refractivity (Wildman–Crippen MR) is 215 cm³/mol. The monoisotopic (exact) mass is 778 g/mol. The molecule has 0 bridgehead atoms. The van der Waals surface area contributed by atoms with Crippen molar-refractivity contribution in [3.05, 3.63) is 11.6 Å². The Hall–Kier alpha value is -3.03. The Morgan fingerprint density at radius 3 is 2.05 bits per heavy atom. The van der Waals surface area contributed by atoms with Gasteiger partial charge in [0, 0.05) is 27.8 Å². The zero-order valence-corrected chi connectivity index (χ0v) is 36.4. The first-order valence-electron chi connectivity index (χ1n) is 20.5. The molecule has 0 aromatic heterocycles. The molecule has 2 unspecified atom stereocenters. The molecule has 0 aromatic carbocycles. The van der Waals surface area contributed by atoms with Crippen LogP contribution in [0.25, 0.3) is 0 Å². The number of carboxylic acids is 1. The summed E-state index contributed by atoms with van der Waals surface area (Å²) >= 11 is 0. The average Bonchev–Trinajstić information content (AvgIpc) is 3.60. The van der Waals surface area contributed by atoms with Gasteiger partial charge in [0.05, 0.1) is 42.7 Å². The molecular formula is C42H75N5O8. The van der Waals surface area contributed by atoms with Crippen LogP contribution in [-0.4, -0.2) is 134 Å². The second-order valence-corrected chi connectivity index (χ2v) is 17.3. The summed E-state index contributed by atoms with van der Waals surface area (Å²) in [6.07, 6.45) is 5.18. The molecule has 1 saturated heterocycles. The summed E-state index contributed by atoms with van der Waals surface area (Å²) in [5.41, 5.74) is 1.05. The van der Waals surface area contributed by atoms with E-state index in [0.717, 1.165) is 31.3 Å². The average molecular weight is 778 g/mol. The molecule has 4 amide bonds. The van der Waals surface area contributed by atoms with E-state index >= 15 is 0 Å². The normalized spacial score (nSPS) is 23.3. The maximum absolute atomic E-state index is 14.2. The molecule has 11 atom stereocenters. The Labute approximate surface area is 331 Å². The lowest BCUT2D eigenvalue weighted by Crippen LogP contribution is -2.59. The number of nitrogens with one attached hydrogen (secondary N) is 2. The molecule has 0 saturated carbocycles. The smallest absolute Gasteiger partial charge is 0.326 e. The third-order valence-corrected chi connectivity index (χ3v) is 12.2. The Kier molecular flexibility index (Phi) is 19.3. The van der Waals surface area contributed by atoms with E-state index in [1.165, 1.54) is 7.11 Å². The summed E-state index contributed by atoms with van der Waals surface area (Å²) in [5.74, 6) is -2.44. The van der Waals surface area contributed by atoms with Crippen LogP contribution < -0.4 is 10.6 Å². The lowest BCUT2D eigenvalue weighted by atomic mass is 9.81. The summed E-state index contributed by atoms with van der Waals surface area (Å²) < 4.78 is 11.9. The highest BCUT2D eigenvalue weighted by Crippen LogP contribution is 2.32. The molecule has 13 heteroatoms. The van der Waals surface area contributed by atoms with Crippen molar-refractivity contribution in [1.29, 1.82) is 0 Å². The van der Waals surface area contributed by atoms with Gasteiger partial charge in [-0.05, 0) is 75.8 Å². The first-order valence-corrected chi connectivity index (χ1v) is 20.5. The van der Waals surface area contributed by atoms with Gasteiger partial charge in [0.2, 0.25) is 23.6 Å². The second kappa shape index (κ2) is 22.1. The number of nitrogens with zero attached hydrogens (tertiary/aromatic N) is 3. The Balaban J connectivity index is 2.28. The summed E-state index contributed by atoms with van der Waals surface area (Å²) in [5, 5.41) is 15.9. The van der Waals surface area contributed by atoms with Crippen molar-refractivity contribution in [2.75, 3.05) is 41.9 Å². The minimum atomic E-state index is -1.08. The van der Waals surface area contributed by atoms with Crippen molar-refractivity contribution in [3.8, 4) is 0 Å². The molecule has 0 spiro atoms. The highest BCUT2D eigenvalue weighted by molar-refractivity contribution is 5.90. The summed E-state index contributed by atoms with van der Waals surface area (Å²) in [4.78, 5) is 73.1. The van der Waals surface area contributed by atoms with E-state index in [2.05, 4.69) is 30.6 Å². The maximum Gasteiger partial charge on any atom is 0.326 e. The number of hydrogen-bond acceptors (Lipinski definition) is 8. The van der Waals surface area contributed by atoms with Crippen LogP contribution >= 0.6 is 0 Å². The fraction of sp³-hybridized carbons (Fsp3) is 0.833. The zero-order chi connectivity index (χ0) is 41.9. The van der Waals surface area contributed by atoms with Crippen LogP contribution in [0.2, 0.25) is 0 Å². The van der Waals surface area contributed by atoms with Crippen molar-refractivity contribution in [2.45, 2.75) is 150 Å². The van der Waals surface area contributed by atoms with Crippen LogP contribution in [0.3, 0.4) is 0 Å². The van der Waals surface area contributed by atoms with Gasteiger partial charge in [0.15, 0.2) is 0 Å². The summed E-state index contributed by atoms with van der Waals surface area (Å²) in [6, 6.07) is -3.13. The number of aliphatic carboxylic acids is 1. The van der Waals surface area contributed by atoms with E-state index in [4.69, 9.17) is 9.47 Å². The van der Waals surface area contributed by atoms with Gasteiger partial charge in [-0.25, -0.2) is 4.79 Å². The van der Waals surface area contributed by atoms with E-state index in [-0.39, 0.29) is 54.2 Å². The molecule has 0 radical (unpaired) electrons. The van der Waals surface area contributed by atoms with E-state index < -0.39 is 60.2 Å². The fourth-order valence-corrected chi connectivity index (χ4v) is 8.73. The second-order valence-electron chi connectivity index (χ2n) is 17.3. The molecular weight excluding hydrogens is 702 g/mol. The number of allylic oxidation sites excluding steroid dienone is 1. The van der Waals surface area contributed by atoms with E-state index in [0.29, 0.717) is 18.9 Å². The molecule has 2 aliphatic rings. The molecule has 13 nitrogen and oxygen atoms in total. The lowest BCUT2D eigenvalue weighted by molar-refractivity contribution is -0.148. The largest absolute Gasteiger partial charge is 0.480 e. The topological polar surface area (TPSA) is 158 Å². The van der Waals surface area contributed by atoms with Crippen LogP contribution in [0.4, 0.5) is 0 Å². The number of rotatable bonds is 21. The Morgan fingerprint density at radius 1 is 0.909 bits per heavy atom. The number of carbonyl (C=O) groups is 5. The molecule has 1 heterocycles. The van der Waals surface area contributed by atoms with E-state index in [1.54, 1.807) is 30.9 Å². The van der Waals surface area contributed by atoms with Crippen molar-refractivity contribution >= 4 is 29.6 Å². The van der Waals surface area contributed by atoms with Crippen LogP contribution in [0.5, 0.6) is 0 Å². The minimum absolute atomic E-state index is 0.00178. The zero-order valence-electron chi connectivity index (χ0n) is 36.4. The Bertz CT molecular complexity index is 1310. The minimum Gasteiger partial charge on any atom is -0.480 e. The molecule has 1 aliphatic carbocycles. The maximum atomic E-state index is 14.2. The van der Waals surface area contributed by atoms with Crippen molar-refractivity contribution in [3.63, 3.8) is 0 Å². The van der Waals surface area contributed by atoms with Crippen LogP contribution in [0.1, 0.15) is 107 Å². The summed E-state index contributed by atoms with van der Waals surface area (Å²) in [6.45, 7) is 18.2.